The molecule has 0 saturated heterocycles. The Kier molecular flexibility index (Phi) is 2.77. The molecule has 2 aromatic heterocycles. The lowest BCUT2D eigenvalue weighted by molar-refractivity contribution is 0.684. The fourth-order valence-electron chi connectivity index (χ4n) is 3.19. The minimum Gasteiger partial charge on any atom is -0.338 e. The van der Waals surface area contributed by atoms with Gasteiger partial charge in [-0.05, 0) is 30.2 Å². The first kappa shape index (κ1) is 12.5. The van der Waals surface area contributed by atoms with Crippen molar-refractivity contribution in [3.05, 3.63) is 46.9 Å². The van der Waals surface area contributed by atoms with Crippen LogP contribution in [0.25, 0.3) is 10.9 Å². The highest BCUT2D eigenvalue weighted by Gasteiger charge is 2.26. The molecule has 104 valence electrons. The van der Waals surface area contributed by atoms with E-state index >= 15 is 0 Å². The molecular formula is C15H13N5S. The molecule has 0 bridgehead atoms. The van der Waals surface area contributed by atoms with Gasteiger partial charge in [-0.25, -0.2) is 0 Å². The molecular weight excluding hydrogens is 282 g/mol. The summed E-state index contributed by atoms with van der Waals surface area (Å²) in [4.78, 5) is 0. The zero-order valence-electron chi connectivity index (χ0n) is 11.3. The molecule has 0 fully saturated rings. The molecule has 0 radical (unpaired) electrons. The van der Waals surface area contributed by atoms with Crippen LogP contribution < -0.4 is 5.73 Å². The molecule has 0 amide bonds. The summed E-state index contributed by atoms with van der Waals surface area (Å²) in [5.41, 5.74) is 11.5. The van der Waals surface area contributed by atoms with Gasteiger partial charge in [0.05, 0.1) is 41.8 Å². The summed E-state index contributed by atoms with van der Waals surface area (Å²) < 4.78 is 10.6. The van der Waals surface area contributed by atoms with E-state index in [-0.39, 0.29) is 6.04 Å². The van der Waals surface area contributed by atoms with E-state index in [1.165, 1.54) is 23.0 Å². The van der Waals surface area contributed by atoms with Crippen LogP contribution in [0.4, 0.5) is 0 Å². The van der Waals surface area contributed by atoms with Gasteiger partial charge in [0.25, 0.3) is 0 Å². The highest BCUT2D eigenvalue weighted by molar-refractivity contribution is 6.99. The molecule has 21 heavy (non-hydrogen) atoms. The maximum absolute atomic E-state index is 9.11. The summed E-state index contributed by atoms with van der Waals surface area (Å²) in [6.07, 6.45) is 3.56. The number of rotatable bonds is 2. The Morgan fingerprint density at radius 2 is 2.33 bits per heavy atom. The van der Waals surface area contributed by atoms with Crippen molar-refractivity contribution in [2.24, 2.45) is 5.73 Å². The van der Waals surface area contributed by atoms with Crippen molar-refractivity contribution < 1.29 is 0 Å². The molecule has 1 atom stereocenters. The Labute approximate surface area is 126 Å². The lowest BCUT2D eigenvalue weighted by Gasteiger charge is -2.09. The van der Waals surface area contributed by atoms with Crippen LogP contribution >= 0.6 is 11.7 Å². The van der Waals surface area contributed by atoms with Crippen LogP contribution in [0.3, 0.4) is 0 Å². The van der Waals surface area contributed by atoms with E-state index in [4.69, 9.17) is 11.0 Å². The maximum atomic E-state index is 9.11. The molecule has 0 saturated carbocycles. The molecule has 3 aromatic rings. The summed E-state index contributed by atoms with van der Waals surface area (Å²) in [6, 6.07) is 8.25. The van der Waals surface area contributed by atoms with Gasteiger partial charge in [0.15, 0.2) is 0 Å². The molecule has 6 heteroatoms. The molecule has 5 nitrogen and oxygen atoms in total. The third-order valence-corrected chi connectivity index (χ3v) is 4.58. The third-order valence-electron chi connectivity index (χ3n) is 4.06. The first-order valence-corrected chi connectivity index (χ1v) is 7.55. The van der Waals surface area contributed by atoms with Crippen molar-refractivity contribution in [3.63, 3.8) is 0 Å². The molecule has 0 unspecified atom stereocenters. The Bertz CT molecular complexity index is 856. The fraction of sp³-hybridized carbons (Fsp3) is 0.267. The number of aromatic nitrogens is 3. The Morgan fingerprint density at radius 1 is 1.43 bits per heavy atom. The average Bonchev–Trinajstić information content (AvgIpc) is 3.18. The standard InChI is InChI=1S/C15H13N5S/c16-6-9-1-2-14-12(3-9)13-4-10(17)5-15(13)20(14)8-11-7-18-21-19-11/h1-3,7,10H,4-5,8,17H2/t10-/m1/s1. The second-order valence-corrected chi connectivity index (χ2v) is 5.98. The SMILES string of the molecule is N#Cc1ccc2c(c1)c1c(n2Cc2cnsn2)C[C@H](N)C1. The van der Waals surface area contributed by atoms with Crippen LogP contribution in [-0.4, -0.2) is 19.4 Å². The van der Waals surface area contributed by atoms with Crippen LogP contribution in [0.2, 0.25) is 0 Å². The topological polar surface area (TPSA) is 80.5 Å². The van der Waals surface area contributed by atoms with Gasteiger partial charge >= 0.3 is 0 Å². The van der Waals surface area contributed by atoms with E-state index in [1.54, 1.807) is 6.20 Å². The van der Waals surface area contributed by atoms with Crippen molar-refractivity contribution in [1.82, 2.24) is 13.3 Å². The van der Waals surface area contributed by atoms with E-state index < -0.39 is 0 Å². The minimum absolute atomic E-state index is 0.171. The van der Waals surface area contributed by atoms with Gasteiger partial charge in [-0.3, -0.25) is 0 Å². The first-order chi connectivity index (χ1) is 10.3. The van der Waals surface area contributed by atoms with Gasteiger partial charge < -0.3 is 10.3 Å². The molecule has 0 aliphatic heterocycles. The molecule has 1 aliphatic rings. The highest BCUT2D eigenvalue weighted by Crippen LogP contribution is 2.33. The Hall–Kier alpha value is -2.23. The summed E-state index contributed by atoms with van der Waals surface area (Å²) in [7, 11) is 0. The highest BCUT2D eigenvalue weighted by atomic mass is 32.1. The van der Waals surface area contributed by atoms with Crippen molar-refractivity contribution in [2.45, 2.75) is 25.4 Å². The second kappa shape index (κ2) is 4.65. The number of nitrogens with zero attached hydrogens (tertiary/aromatic N) is 4. The summed E-state index contributed by atoms with van der Waals surface area (Å²) in [5, 5.41) is 10.3. The van der Waals surface area contributed by atoms with Gasteiger partial charge in [-0.1, -0.05) is 0 Å². The summed E-state index contributed by atoms with van der Waals surface area (Å²) in [6.45, 7) is 0.709. The summed E-state index contributed by atoms with van der Waals surface area (Å²) in [5.74, 6) is 0. The van der Waals surface area contributed by atoms with E-state index in [9.17, 15) is 0 Å². The number of nitriles is 1. The van der Waals surface area contributed by atoms with E-state index in [0.717, 1.165) is 29.4 Å². The van der Waals surface area contributed by atoms with Crippen molar-refractivity contribution in [2.75, 3.05) is 0 Å². The lowest BCUT2D eigenvalue weighted by Crippen LogP contribution is -2.20. The van der Waals surface area contributed by atoms with Crippen molar-refractivity contribution >= 4 is 22.6 Å². The Balaban J connectivity index is 1.93. The monoisotopic (exact) mass is 295 g/mol. The zero-order chi connectivity index (χ0) is 14.4. The molecule has 4 rings (SSSR count). The second-order valence-electron chi connectivity index (χ2n) is 5.42. The molecule has 2 N–H and O–H groups in total. The number of fused-ring (bicyclic) bond motifs is 3. The quantitative estimate of drug-likeness (QED) is 0.782. The number of hydrogen-bond acceptors (Lipinski definition) is 5. The van der Waals surface area contributed by atoms with Gasteiger partial charge in [-0.15, -0.1) is 0 Å². The van der Waals surface area contributed by atoms with Crippen LogP contribution in [0.1, 0.15) is 22.5 Å². The molecule has 1 aliphatic carbocycles. The van der Waals surface area contributed by atoms with Gasteiger partial charge in [0.1, 0.15) is 0 Å². The minimum atomic E-state index is 0.171. The fourth-order valence-corrected chi connectivity index (χ4v) is 3.61. The normalized spacial score (nSPS) is 17.0. The van der Waals surface area contributed by atoms with Gasteiger partial charge in [0.2, 0.25) is 0 Å². The predicted octanol–water partition coefficient (Wildman–Crippen LogP) is 1.84. The van der Waals surface area contributed by atoms with Crippen LogP contribution in [0.15, 0.2) is 24.4 Å². The Morgan fingerprint density at radius 3 is 3.10 bits per heavy atom. The predicted molar refractivity (Wildman–Crippen MR) is 81.0 cm³/mol. The average molecular weight is 295 g/mol. The summed E-state index contributed by atoms with van der Waals surface area (Å²) >= 11 is 1.23. The number of nitrogens with two attached hydrogens (primary N) is 1. The largest absolute Gasteiger partial charge is 0.338 e. The smallest absolute Gasteiger partial charge is 0.0991 e. The first-order valence-electron chi connectivity index (χ1n) is 6.82. The van der Waals surface area contributed by atoms with Crippen LogP contribution in [-0.2, 0) is 19.4 Å². The zero-order valence-corrected chi connectivity index (χ0v) is 12.1. The molecule has 2 heterocycles. The van der Waals surface area contributed by atoms with E-state index in [0.29, 0.717) is 12.1 Å². The molecule has 1 aromatic carbocycles. The molecule has 0 spiro atoms. The van der Waals surface area contributed by atoms with Gasteiger partial charge in [-0.2, -0.15) is 14.0 Å². The van der Waals surface area contributed by atoms with Gasteiger partial charge in [0, 0.05) is 29.1 Å². The van der Waals surface area contributed by atoms with E-state index in [2.05, 4.69) is 19.4 Å². The third kappa shape index (κ3) is 1.94. The van der Waals surface area contributed by atoms with Crippen LogP contribution in [0, 0.1) is 11.3 Å². The number of hydrogen-bond donors (Lipinski definition) is 1. The van der Waals surface area contributed by atoms with E-state index in [1.807, 2.05) is 18.2 Å². The number of benzene rings is 1. The van der Waals surface area contributed by atoms with Crippen molar-refractivity contribution in [1.29, 1.82) is 5.26 Å². The maximum Gasteiger partial charge on any atom is 0.0991 e. The van der Waals surface area contributed by atoms with Crippen molar-refractivity contribution in [3.8, 4) is 6.07 Å². The van der Waals surface area contributed by atoms with Crippen LogP contribution in [0.5, 0.6) is 0 Å². The lowest BCUT2D eigenvalue weighted by atomic mass is 10.1.